The molecule has 0 aromatic heterocycles. The Morgan fingerprint density at radius 3 is 2.53 bits per heavy atom. The smallest absolute Gasteiger partial charge is 0.126 e. The first-order chi connectivity index (χ1) is 7.88. The maximum atomic E-state index is 13.4. The molecule has 1 atom stereocenters. The molecule has 0 aliphatic rings. The largest absolute Gasteiger partial charge is 0.327 e. The van der Waals surface area contributed by atoms with Gasteiger partial charge in [-0.05, 0) is 38.8 Å². The van der Waals surface area contributed by atoms with Gasteiger partial charge >= 0.3 is 0 Å². The van der Waals surface area contributed by atoms with Crippen molar-refractivity contribution in [2.24, 2.45) is 11.1 Å². The van der Waals surface area contributed by atoms with E-state index in [4.69, 9.17) is 5.73 Å². The van der Waals surface area contributed by atoms with Crippen LogP contribution in [0.15, 0.2) is 24.3 Å². The molecule has 0 aliphatic heterocycles. The summed E-state index contributed by atoms with van der Waals surface area (Å²) in [5.74, 6) is 6.01. The Bertz CT molecular complexity index is 421. The summed E-state index contributed by atoms with van der Waals surface area (Å²) in [5.41, 5.74) is 6.60. The van der Waals surface area contributed by atoms with Crippen molar-refractivity contribution in [3.63, 3.8) is 0 Å². The quantitative estimate of drug-likeness (QED) is 0.797. The van der Waals surface area contributed by atoms with Crippen molar-refractivity contribution in [1.29, 1.82) is 0 Å². The first-order valence-electron chi connectivity index (χ1n) is 5.87. The Balaban J connectivity index is 2.53. The van der Waals surface area contributed by atoms with Crippen LogP contribution in [0.5, 0.6) is 0 Å². The third kappa shape index (κ3) is 5.51. The zero-order valence-corrected chi connectivity index (χ0v) is 10.8. The lowest BCUT2D eigenvalue weighted by Gasteiger charge is -2.10. The van der Waals surface area contributed by atoms with E-state index >= 15 is 0 Å². The molecule has 92 valence electrons. The lowest BCUT2D eigenvalue weighted by molar-refractivity contribution is 0.567. The molecule has 0 spiro atoms. The van der Waals surface area contributed by atoms with Gasteiger partial charge in [0.1, 0.15) is 5.82 Å². The number of nitrogens with two attached hydrogens (primary N) is 1. The highest BCUT2D eigenvalue weighted by Gasteiger charge is 2.07. The topological polar surface area (TPSA) is 26.0 Å². The molecule has 0 bridgehead atoms. The van der Waals surface area contributed by atoms with Crippen LogP contribution in [0.1, 0.15) is 32.8 Å². The van der Waals surface area contributed by atoms with Crippen LogP contribution in [0, 0.1) is 23.1 Å². The van der Waals surface area contributed by atoms with Crippen LogP contribution in [-0.4, -0.2) is 6.04 Å². The van der Waals surface area contributed by atoms with E-state index in [0.717, 1.165) is 0 Å². The van der Waals surface area contributed by atoms with Crippen LogP contribution < -0.4 is 5.73 Å². The fourth-order valence-corrected chi connectivity index (χ4v) is 1.47. The lowest BCUT2D eigenvalue weighted by Crippen LogP contribution is -2.22. The molecule has 0 saturated carbocycles. The van der Waals surface area contributed by atoms with Crippen LogP contribution in [0.3, 0.4) is 0 Å². The Morgan fingerprint density at radius 2 is 1.94 bits per heavy atom. The summed E-state index contributed by atoms with van der Waals surface area (Å²) in [6, 6.07) is 6.63. The molecule has 1 unspecified atom stereocenters. The number of benzene rings is 1. The Labute approximate surface area is 103 Å². The molecule has 17 heavy (non-hydrogen) atoms. The van der Waals surface area contributed by atoms with E-state index in [1.807, 2.05) is 6.07 Å². The number of hydrogen-bond acceptors (Lipinski definition) is 1. The maximum absolute atomic E-state index is 13.4. The monoisotopic (exact) mass is 233 g/mol. The third-order valence-electron chi connectivity index (χ3n) is 2.27. The number of hydrogen-bond donors (Lipinski definition) is 1. The van der Waals surface area contributed by atoms with Crippen molar-refractivity contribution in [3.05, 3.63) is 35.6 Å². The van der Waals surface area contributed by atoms with Crippen LogP contribution in [-0.2, 0) is 6.42 Å². The first kappa shape index (κ1) is 13.7. The summed E-state index contributed by atoms with van der Waals surface area (Å²) in [7, 11) is 0. The van der Waals surface area contributed by atoms with Gasteiger partial charge in [0.15, 0.2) is 0 Å². The van der Waals surface area contributed by atoms with E-state index in [1.54, 1.807) is 12.1 Å². The highest BCUT2D eigenvalue weighted by atomic mass is 19.1. The van der Waals surface area contributed by atoms with Gasteiger partial charge < -0.3 is 5.73 Å². The molecule has 0 radical (unpaired) electrons. The van der Waals surface area contributed by atoms with Crippen molar-refractivity contribution in [1.82, 2.24) is 0 Å². The molecule has 0 heterocycles. The molecular weight excluding hydrogens is 213 g/mol. The highest BCUT2D eigenvalue weighted by molar-refractivity contribution is 5.19. The maximum Gasteiger partial charge on any atom is 0.126 e. The summed E-state index contributed by atoms with van der Waals surface area (Å²) >= 11 is 0. The second-order valence-electron chi connectivity index (χ2n) is 5.31. The number of halogens is 1. The molecular formula is C15H20FN. The van der Waals surface area contributed by atoms with Crippen molar-refractivity contribution >= 4 is 0 Å². The average Bonchev–Trinajstić information content (AvgIpc) is 2.19. The molecule has 0 saturated heterocycles. The Kier molecular flexibility index (Phi) is 4.72. The molecule has 1 aromatic carbocycles. The fourth-order valence-electron chi connectivity index (χ4n) is 1.47. The van der Waals surface area contributed by atoms with Crippen molar-refractivity contribution in [2.45, 2.75) is 39.7 Å². The van der Waals surface area contributed by atoms with E-state index < -0.39 is 0 Å². The zero-order chi connectivity index (χ0) is 12.9. The summed E-state index contributed by atoms with van der Waals surface area (Å²) < 4.78 is 13.4. The van der Waals surface area contributed by atoms with Crippen LogP contribution in [0.25, 0.3) is 0 Å². The standard InChI is InChI=1S/C15H20FN/c1-15(2,3)10-6-8-13(17)11-12-7-4-5-9-14(12)16/h4-5,7,9,13H,8,11,17H2,1-3H3. The summed E-state index contributed by atoms with van der Waals surface area (Å²) in [6.45, 7) is 6.17. The molecule has 0 aliphatic carbocycles. The molecule has 2 N–H and O–H groups in total. The van der Waals surface area contributed by atoms with Crippen molar-refractivity contribution < 1.29 is 4.39 Å². The molecule has 2 heteroatoms. The van der Waals surface area contributed by atoms with Gasteiger partial charge in [-0.15, -0.1) is 5.92 Å². The summed E-state index contributed by atoms with van der Waals surface area (Å²) in [5, 5.41) is 0. The van der Waals surface area contributed by atoms with Crippen LogP contribution in [0.2, 0.25) is 0 Å². The molecule has 1 nitrogen and oxygen atoms in total. The average molecular weight is 233 g/mol. The van der Waals surface area contributed by atoms with Gasteiger partial charge in [0.2, 0.25) is 0 Å². The summed E-state index contributed by atoms with van der Waals surface area (Å²) in [4.78, 5) is 0. The summed E-state index contributed by atoms with van der Waals surface area (Å²) in [6.07, 6.45) is 1.14. The number of rotatable bonds is 3. The fraction of sp³-hybridized carbons (Fsp3) is 0.467. The van der Waals surface area contributed by atoms with Crippen LogP contribution in [0.4, 0.5) is 4.39 Å². The van der Waals surface area contributed by atoms with Gasteiger partial charge in [0.25, 0.3) is 0 Å². The van der Waals surface area contributed by atoms with Crippen molar-refractivity contribution in [3.8, 4) is 11.8 Å². The van der Waals surface area contributed by atoms with Gasteiger partial charge in [-0.25, -0.2) is 4.39 Å². The van der Waals surface area contributed by atoms with E-state index in [2.05, 4.69) is 32.6 Å². The minimum absolute atomic E-state index is 0.00226. The van der Waals surface area contributed by atoms with Gasteiger partial charge in [-0.2, -0.15) is 0 Å². The second-order valence-corrected chi connectivity index (χ2v) is 5.31. The minimum atomic E-state index is -0.188. The van der Waals surface area contributed by atoms with Gasteiger partial charge in [0, 0.05) is 17.9 Å². The minimum Gasteiger partial charge on any atom is -0.327 e. The van der Waals surface area contributed by atoms with E-state index in [1.165, 1.54) is 6.07 Å². The molecule has 0 fully saturated rings. The Hall–Kier alpha value is -1.33. The van der Waals surface area contributed by atoms with Gasteiger partial charge in [-0.1, -0.05) is 24.1 Å². The molecule has 1 rings (SSSR count). The SMILES string of the molecule is CC(C)(C)C#CCC(N)Cc1ccccc1F. The lowest BCUT2D eigenvalue weighted by atomic mass is 9.97. The third-order valence-corrected chi connectivity index (χ3v) is 2.27. The van der Waals surface area contributed by atoms with Crippen molar-refractivity contribution in [2.75, 3.05) is 0 Å². The first-order valence-corrected chi connectivity index (χ1v) is 5.87. The zero-order valence-electron chi connectivity index (χ0n) is 10.8. The van der Waals surface area contributed by atoms with E-state index in [9.17, 15) is 4.39 Å². The predicted molar refractivity (Wildman–Crippen MR) is 69.9 cm³/mol. The van der Waals surface area contributed by atoms with Gasteiger partial charge in [0.05, 0.1) is 0 Å². The van der Waals surface area contributed by atoms with E-state index in [-0.39, 0.29) is 17.3 Å². The van der Waals surface area contributed by atoms with Gasteiger partial charge in [-0.3, -0.25) is 0 Å². The molecule has 1 aromatic rings. The van der Waals surface area contributed by atoms with Crippen LogP contribution >= 0.6 is 0 Å². The normalized spacial score (nSPS) is 12.8. The van der Waals surface area contributed by atoms with E-state index in [0.29, 0.717) is 18.4 Å². The second kappa shape index (κ2) is 5.84. The highest BCUT2D eigenvalue weighted by Crippen LogP contribution is 2.11. The Morgan fingerprint density at radius 1 is 1.29 bits per heavy atom. The molecule has 0 amide bonds. The predicted octanol–water partition coefficient (Wildman–Crippen LogP) is 3.14.